The predicted octanol–water partition coefficient (Wildman–Crippen LogP) is 5.09. The van der Waals surface area contributed by atoms with E-state index in [9.17, 15) is 14.7 Å². The lowest BCUT2D eigenvalue weighted by atomic mass is 9.94. The molecule has 1 aliphatic heterocycles. The highest BCUT2D eigenvalue weighted by Gasteiger charge is 2.45. The topological polar surface area (TPSA) is 66.8 Å². The predicted molar refractivity (Wildman–Crippen MR) is 122 cm³/mol. The van der Waals surface area contributed by atoms with Crippen molar-refractivity contribution in [1.29, 1.82) is 0 Å². The van der Waals surface area contributed by atoms with Crippen LogP contribution in [0.15, 0.2) is 60.7 Å². The summed E-state index contributed by atoms with van der Waals surface area (Å²) in [6, 6.07) is 12.1. The average molecular weight is 420 g/mol. The average Bonchev–Trinajstić information content (AvgIpc) is 3.02. The number of likely N-dealkylation sites (tertiary alicyclic amines) is 1. The van der Waals surface area contributed by atoms with Crippen LogP contribution in [-0.2, 0) is 9.59 Å². The monoisotopic (exact) mass is 419 g/mol. The van der Waals surface area contributed by atoms with Crippen LogP contribution in [0, 0.1) is 13.8 Å². The first-order valence-corrected chi connectivity index (χ1v) is 10.6. The van der Waals surface area contributed by atoms with Crippen LogP contribution in [0.3, 0.4) is 0 Å². The molecule has 0 aromatic heterocycles. The van der Waals surface area contributed by atoms with Gasteiger partial charge in [-0.2, -0.15) is 0 Å². The Morgan fingerprint density at radius 1 is 1.16 bits per heavy atom. The van der Waals surface area contributed by atoms with E-state index < -0.39 is 17.7 Å². The van der Waals surface area contributed by atoms with E-state index in [2.05, 4.69) is 6.58 Å². The molecule has 2 aromatic rings. The Hall–Kier alpha value is -3.34. The largest absolute Gasteiger partial charge is 0.507 e. The fourth-order valence-electron chi connectivity index (χ4n) is 3.76. The Morgan fingerprint density at radius 3 is 2.61 bits per heavy atom. The molecule has 0 radical (unpaired) electrons. The van der Waals surface area contributed by atoms with Crippen LogP contribution >= 0.6 is 0 Å². The summed E-state index contributed by atoms with van der Waals surface area (Å²) in [6.45, 7) is 10.4. The summed E-state index contributed by atoms with van der Waals surface area (Å²) in [6.07, 6.45) is 3.30. The summed E-state index contributed by atoms with van der Waals surface area (Å²) in [7, 11) is 0. The Kier molecular flexibility index (Phi) is 6.95. The number of ketones is 1. The maximum atomic E-state index is 13.0. The third-order valence-corrected chi connectivity index (χ3v) is 5.61. The number of hydrogen-bond acceptors (Lipinski definition) is 4. The molecule has 1 unspecified atom stereocenters. The van der Waals surface area contributed by atoms with Crippen LogP contribution in [0.2, 0.25) is 0 Å². The molecule has 31 heavy (non-hydrogen) atoms. The van der Waals surface area contributed by atoms with Gasteiger partial charge in [0, 0.05) is 12.1 Å². The molecule has 1 heterocycles. The third kappa shape index (κ3) is 4.55. The molecule has 0 spiro atoms. The van der Waals surface area contributed by atoms with Crippen molar-refractivity contribution in [3.63, 3.8) is 0 Å². The highest BCUT2D eigenvalue weighted by molar-refractivity contribution is 6.46. The highest BCUT2D eigenvalue weighted by atomic mass is 16.5. The number of hydrogen-bond donors (Lipinski definition) is 1. The van der Waals surface area contributed by atoms with Crippen molar-refractivity contribution in [2.75, 3.05) is 13.2 Å². The minimum atomic E-state index is -0.666. The molecule has 5 heteroatoms. The van der Waals surface area contributed by atoms with Crippen LogP contribution in [0.25, 0.3) is 5.76 Å². The number of carbonyl (C=O) groups is 2. The number of aryl methyl sites for hydroxylation is 2. The summed E-state index contributed by atoms with van der Waals surface area (Å²) in [5, 5.41) is 11.1. The molecule has 1 fully saturated rings. The van der Waals surface area contributed by atoms with E-state index in [-0.39, 0.29) is 11.3 Å². The molecule has 1 saturated heterocycles. The quantitative estimate of drug-likeness (QED) is 0.280. The first-order valence-electron chi connectivity index (χ1n) is 10.6. The van der Waals surface area contributed by atoms with Gasteiger partial charge in [-0.1, -0.05) is 50.3 Å². The van der Waals surface area contributed by atoms with Gasteiger partial charge >= 0.3 is 0 Å². The first-order chi connectivity index (χ1) is 14.9. The van der Waals surface area contributed by atoms with Crippen LogP contribution < -0.4 is 4.74 Å². The summed E-state index contributed by atoms with van der Waals surface area (Å²) >= 11 is 0. The van der Waals surface area contributed by atoms with Gasteiger partial charge in [0.15, 0.2) is 0 Å². The van der Waals surface area contributed by atoms with Crippen molar-refractivity contribution >= 4 is 17.4 Å². The first kappa shape index (κ1) is 22.3. The summed E-state index contributed by atoms with van der Waals surface area (Å²) in [4.78, 5) is 27.5. The molecule has 5 nitrogen and oxygen atoms in total. The fraction of sp³-hybridized carbons (Fsp3) is 0.308. The van der Waals surface area contributed by atoms with Gasteiger partial charge in [0.25, 0.3) is 11.7 Å². The van der Waals surface area contributed by atoms with E-state index in [1.54, 1.807) is 17.0 Å². The Morgan fingerprint density at radius 2 is 1.94 bits per heavy atom. The molecule has 1 atom stereocenters. The lowest BCUT2D eigenvalue weighted by Gasteiger charge is -2.25. The zero-order chi connectivity index (χ0) is 22.5. The van der Waals surface area contributed by atoms with Crippen molar-refractivity contribution in [1.82, 2.24) is 4.90 Å². The molecule has 1 N–H and O–H groups in total. The van der Waals surface area contributed by atoms with E-state index in [1.165, 1.54) is 0 Å². The summed E-state index contributed by atoms with van der Waals surface area (Å²) in [5.74, 6) is -0.775. The van der Waals surface area contributed by atoms with Crippen LogP contribution in [0.5, 0.6) is 5.75 Å². The van der Waals surface area contributed by atoms with E-state index in [0.717, 1.165) is 29.5 Å². The molecule has 1 aliphatic rings. The minimum absolute atomic E-state index is 0.116. The lowest BCUT2D eigenvalue weighted by molar-refractivity contribution is -0.139. The van der Waals surface area contributed by atoms with Crippen molar-refractivity contribution in [2.45, 2.75) is 39.7 Å². The smallest absolute Gasteiger partial charge is 0.295 e. The number of carbonyl (C=O) groups excluding carboxylic acids is 2. The second-order valence-corrected chi connectivity index (χ2v) is 7.82. The molecule has 3 rings (SSSR count). The van der Waals surface area contributed by atoms with Crippen molar-refractivity contribution in [3.8, 4) is 5.75 Å². The molecule has 1 amide bonds. The van der Waals surface area contributed by atoms with Gasteiger partial charge in [-0.05, 0) is 55.2 Å². The van der Waals surface area contributed by atoms with Gasteiger partial charge in [0.05, 0.1) is 11.6 Å². The van der Waals surface area contributed by atoms with E-state index in [1.807, 2.05) is 57.2 Å². The number of nitrogens with zero attached hydrogens (tertiary/aromatic N) is 1. The third-order valence-electron chi connectivity index (χ3n) is 5.61. The van der Waals surface area contributed by atoms with Gasteiger partial charge in [-0.3, -0.25) is 9.59 Å². The van der Waals surface area contributed by atoms with Gasteiger partial charge in [0.2, 0.25) is 0 Å². The molecule has 2 aromatic carbocycles. The van der Waals surface area contributed by atoms with Gasteiger partial charge in [0.1, 0.15) is 18.1 Å². The number of unbranched alkanes of at least 4 members (excludes halogenated alkanes) is 1. The minimum Gasteiger partial charge on any atom is -0.507 e. The summed E-state index contributed by atoms with van der Waals surface area (Å²) < 4.78 is 5.65. The number of ether oxygens (including phenoxy) is 1. The molecule has 0 bridgehead atoms. The number of aliphatic hydroxyl groups excluding tert-OH is 1. The number of Topliss-reactive ketones (excluding diaryl/α,β-unsaturated/α-hetero) is 1. The molecule has 0 aliphatic carbocycles. The fourth-order valence-corrected chi connectivity index (χ4v) is 3.76. The zero-order valence-electron chi connectivity index (χ0n) is 18.4. The van der Waals surface area contributed by atoms with Gasteiger partial charge in [-0.25, -0.2) is 0 Å². The van der Waals surface area contributed by atoms with E-state index in [0.29, 0.717) is 24.5 Å². The van der Waals surface area contributed by atoms with Crippen molar-refractivity contribution in [2.24, 2.45) is 0 Å². The van der Waals surface area contributed by atoms with Crippen LogP contribution in [-0.4, -0.2) is 34.8 Å². The number of benzene rings is 2. The van der Waals surface area contributed by atoms with Crippen molar-refractivity contribution < 1.29 is 19.4 Å². The van der Waals surface area contributed by atoms with Gasteiger partial charge < -0.3 is 14.7 Å². The van der Waals surface area contributed by atoms with E-state index in [4.69, 9.17) is 4.74 Å². The Balaban J connectivity index is 2.15. The number of amides is 1. The zero-order valence-corrected chi connectivity index (χ0v) is 18.4. The van der Waals surface area contributed by atoms with Crippen LogP contribution in [0.1, 0.15) is 48.1 Å². The molecule has 162 valence electrons. The molecule has 0 saturated carbocycles. The maximum Gasteiger partial charge on any atom is 0.295 e. The second kappa shape index (κ2) is 9.65. The van der Waals surface area contributed by atoms with Gasteiger partial charge in [-0.15, -0.1) is 0 Å². The summed E-state index contributed by atoms with van der Waals surface area (Å²) in [5.41, 5.74) is 3.46. The van der Waals surface area contributed by atoms with E-state index >= 15 is 0 Å². The number of rotatable bonds is 8. The Labute approximate surface area is 183 Å². The Bertz CT molecular complexity index is 1040. The maximum absolute atomic E-state index is 13.0. The number of aliphatic hydroxyl groups is 1. The molecular weight excluding hydrogens is 390 g/mol. The molecular formula is C26H29NO4. The van der Waals surface area contributed by atoms with Crippen molar-refractivity contribution in [3.05, 3.63) is 82.9 Å². The van der Waals surface area contributed by atoms with Crippen LogP contribution in [0.4, 0.5) is 0 Å². The standard InChI is InChI=1S/C26H29NO4/c1-5-7-13-27-23(19-9-8-10-21(16-19)31-14-6-2)22(25(29)26(27)30)24(28)20-12-11-17(3)18(4)15-20/h6,8-12,15-16,23,28H,2,5,7,13-14H2,1,3-4H3/b24-22-. The second-order valence-electron chi connectivity index (χ2n) is 7.82. The highest BCUT2D eigenvalue weighted by Crippen LogP contribution is 2.40. The SMILES string of the molecule is C=CCOc1cccc(C2/C(=C(/O)c3ccc(C)c(C)c3)C(=O)C(=O)N2CCCC)c1. The lowest BCUT2D eigenvalue weighted by Crippen LogP contribution is -2.30. The normalized spacial score (nSPS) is 17.8.